The molecule has 8 heteroatoms. The van der Waals surface area contributed by atoms with Gasteiger partial charge in [-0.25, -0.2) is 0 Å². The van der Waals surface area contributed by atoms with Crippen LogP contribution < -0.4 is 16.0 Å². The maximum absolute atomic E-state index is 12.4. The number of likely N-dealkylation sites (tertiary alicyclic amines) is 1. The number of carbonyl (C=O) groups is 4. The zero-order valence-electron chi connectivity index (χ0n) is 15.1. The molecule has 1 heterocycles. The van der Waals surface area contributed by atoms with Crippen LogP contribution in [0.1, 0.15) is 43.5 Å². The van der Waals surface area contributed by atoms with Crippen LogP contribution in [0.5, 0.6) is 0 Å². The van der Waals surface area contributed by atoms with Crippen LogP contribution in [0.25, 0.3) is 0 Å². The predicted molar refractivity (Wildman–Crippen MR) is 97.8 cm³/mol. The third-order valence-electron chi connectivity index (χ3n) is 3.90. The van der Waals surface area contributed by atoms with Crippen LogP contribution in [0.4, 0.5) is 11.4 Å². The van der Waals surface area contributed by atoms with E-state index in [0.717, 1.165) is 13.0 Å². The maximum Gasteiger partial charge on any atom is 0.251 e. The molecule has 1 fully saturated rings. The first-order valence-corrected chi connectivity index (χ1v) is 8.61. The summed E-state index contributed by atoms with van der Waals surface area (Å²) >= 11 is 0. The molecule has 1 saturated heterocycles. The molecular weight excluding hydrogens is 336 g/mol. The summed E-state index contributed by atoms with van der Waals surface area (Å²) in [5.41, 5.74) is 1.19. The highest BCUT2D eigenvalue weighted by Gasteiger charge is 2.19. The molecule has 1 aliphatic heterocycles. The van der Waals surface area contributed by atoms with E-state index in [9.17, 15) is 19.2 Å². The number of amides is 4. The molecule has 0 aliphatic carbocycles. The van der Waals surface area contributed by atoms with Gasteiger partial charge in [-0.15, -0.1) is 0 Å². The maximum atomic E-state index is 12.4. The second-order valence-corrected chi connectivity index (χ2v) is 6.26. The van der Waals surface area contributed by atoms with Crippen LogP contribution >= 0.6 is 0 Å². The van der Waals surface area contributed by atoms with Crippen molar-refractivity contribution in [2.24, 2.45) is 0 Å². The largest absolute Gasteiger partial charge is 0.352 e. The SMILES string of the molecule is CC(=O)Nc1cc(NC(C)=O)cc(C(=O)NCCCN2CCCC2=O)c1. The van der Waals surface area contributed by atoms with Crippen molar-refractivity contribution in [1.82, 2.24) is 10.2 Å². The molecule has 1 aliphatic rings. The molecule has 0 atom stereocenters. The van der Waals surface area contributed by atoms with Crippen molar-refractivity contribution in [2.45, 2.75) is 33.1 Å². The first kappa shape index (κ1) is 19.4. The fourth-order valence-electron chi connectivity index (χ4n) is 2.82. The number of anilines is 2. The van der Waals surface area contributed by atoms with E-state index < -0.39 is 0 Å². The molecule has 0 unspecified atom stereocenters. The zero-order chi connectivity index (χ0) is 19.1. The van der Waals surface area contributed by atoms with Crippen molar-refractivity contribution in [3.05, 3.63) is 23.8 Å². The minimum absolute atomic E-state index is 0.166. The Morgan fingerprint density at radius 1 is 1.04 bits per heavy atom. The first-order chi connectivity index (χ1) is 12.3. The highest BCUT2D eigenvalue weighted by Crippen LogP contribution is 2.19. The Labute approximate surface area is 152 Å². The molecule has 0 aromatic heterocycles. The van der Waals surface area contributed by atoms with E-state index in [0.29, 0.717) is 42.9 Å². The quantitative estimate of drug-likeness (QED) is 0.638. The minimum atomic E-state index is -0.309. The van der Waals surface area contributed by atoms with E-state index >= 15 is 0 Å². The van der Waals surface area contributed by atoms with Gasteiger partial charge in [0.25, 0.3) is 5.91 Å². The Bertz CT molecular complexity index is 683. The normalized spacial score (nSPS) is 13.5. The predicted octanol–water partition coefficient (Wildman–Crippen LogP) is 1.35. The molecule has 1 aromatic rings. The van der Waals surface area contributed by atoms with Crippen LogP contribution in [0.15, 0.2) is 18.2 Å². The van der Waals surface area contributed by atoms with E-state index in [1.165, 1.54) is 13.8 Å². The van der Waals surface area contributed by atoms with E-state index in [4.69, 9.17) is 0 Å². The number of hydrogen-bond donors (Lipinski definition) is 3. The molecule has 140 valence electrons. The number of hydrogen-bond acceptors (Lipinski definition) is 4. The monoisotopic (exact) mass is 360 g/mol. The van der Waals surface area contributed by atoms with Crippen molar-refractivity contribution in [3.8, 4) is 0 Å². The third kappa shape index (κ3) is 5.87. The Morgan fingerprint density at radius 3 is 2.15 bits per heavy atom. The fourth-order valence-corrected chi connectivity index (χ4v) is 2.82. The van der Waals surface area contributed by atoms with Gasteiger partial charge in [-0.05, 0) is 31.0 Å². The molecule has 0 radical (unpaired) electrons. The molecule has 8 nitrogen and oxygen atoms in total. The van der Waals surface area contributed by atoms with Gasteiger partial charge >= 0.3 is 0 Å². The molecule has 3 N–H and O–H groups in total. The van der Waals surface area contributed by atoms with Gasteiger partial charge in [-0.1, -0.05) is 0 Å². The number of nitrogens with one attached hydrogen (secondary N) is 3. The first-order valence-electron chi connectivity index (χ1n) is 8.61. The van der Waals surface area contributed by atoms with E-state index in [-0.39, 0.29) is 23.6 Å². The number of carbonyl (C=O) groups excluding carboxylic acids is 4. The number of benzene rings is 1. The summed E-state index contributed by atoms with van der Waals surface area (Å²) in [5, 5.41) is 8.01. The summed E-state index contributed by atoms with van der Waals surface area (Å²) in [4.78, 5) is 48.2. The van der Waals surface area contributed by atoms with Crippen molar-refractivity contribution < 1.29 is 19.2 Å². The lowest BCUT2D eigenvalue weighted by molar-refractivity contribution is -0.127. The van der Waals surface area contributed by atoms with Crippen LogP contribution in [0.3, 0.4) is 0 Å². The molecule has 4 amide bonds. The Balaban J connectivity index is 1.95. The Morgan fingerprint density at radius 2 is 1.65 bits per heavy atom. The lowest BCUT2D eigenvalue weighted by atomic mass is 10.1. The Hall–Kier alpha value is -2.90. The second kappa shape index (κ2) is 8.98. The summed E-state index contributed by atoms with van der Waals surface area (Å²) in [6, 6.07) is 4.68. The van der Waals surface area contributed by atoms with E-state index in [1.54, 1.807) is 23.1 Å². The van der Waals surface area contributed by atoms with Gasteiger partial charge < -0.3 is 20.9 Å². The second-order valence-electron chi connectivity index (χ2n) is 6.26. The van der Waals surface area contributed by atoms with Crippen molar-refractivity contribution in [3.63, 3.8) is 0 Å². The highest BCUT2D eigenvalue weighted by atomic mass is 16.2. The minimum Gasteiger partial charge on any atom is -0.352 e. The molecule has 0 spiro atoms. The van der Waals surface area contributed by atoms with Gasteiger partial charge in [0.1, 0.15) is 0 Å². The third-order valence-corrected chi connectivity index (χ3v) is 3.90. The van der Waals surface area contributed by atoms with Gasteiger partial charge in [0.05, 0.1) is 0 Å². The highest BCUT2D eigenvalue weighted by molar-refractivity contribution is 5.99. The molecule has 0 saturated carbocycles. The smallest absolute Gasteiger partial charge is 0.251 e. The average molecular weight is 360 g/mol. The zero-order valence-corrected chi connectivity index (χ0v) is 15.1. The van der Waals surface area contributed by atoms with Crippen LogP contribution in [0, 0.1) is 0 Å². The van der Waals surface area contributed by atoms with Crippen LogP contribution in [-0.2, 0) is 14.4 Å². The lowest BCUT2D eigenvalue weighted by Gasteiger charge is -2.15. The lowest BCUT2D eigenvalue weighted by Crippen LogP contribution is -2.30. The van der Waals surface area contributed by atoms with Crippen LogP contribution in [0.2, 0.25) is 0 Å². The summed E-state index contributed by atoms with van der Waals surface area (Å²) in [5.74, 6) is -0.686. The van der Waals surface area contributed by atoms with Crippen molar-refractivity contribution in [2.75, 3.05) is 30.3 Å². The van der Waals surface area contributed by atoms with Gasteiger partial charge in [0.15, 0.2) is 0 Å². The topological polar surface area (TPSA) is 108 Å². The fraction of sp³-hybridized carbons (Fsp3) is 0.444. The standard InChI is InChI=1S/C18H24N4O4/c1-12(23)20-15-9-14(10-16(11-15)21-13(2)24)18(26)19-6-4-8-22-7-3-5-17(22)25/h9-11H,3-8H2,1-2H3,(H,19,26)(H,20,23)(H,21,24). The summed E-state index contributed by atoms with van der Waals surface area (Å²) in [7, 11) is 0. The van der Waals surface area contributed by atoms with Gasteiger partial charge in [-0.2, -0.15) is 0 Å². The summed E-state index contributed by atoms with van der Waals surface area (Å²) in [6.07, 6.45) is 2.17. The Kier molecular flexibility index (Phi) is 6.71. The molecule has 1 aromatic carbocycles. The summed E-state index contributed by atoms with van der Waals surface area (Å²) < 4.78 is 0. The summed E-state index contributed by atoms with van der Waals surface area (Å²) in [6.45, 7) is 4.57. The molecule has 26 heavy (non-hydrogen) atoms. The van der Waals surface area contributed by atoms with Crippen LogP contribution in [-0.4, -0.2) is 48.2 Å². The molecule has 2 rings (SSSR count). The van der Waals surface area contributed by atoms with Crippen molar-refractivity contribution >= 4 is 35.0 Å². The van der Waals surface area contributed by atoms with Gasteiger partial charge in [0.2, 0.25) is 17.7 Å². The average Bonchev–Trinajstić information content (AvgIpc) is 2.95. The van der Waals surface area contributed by atoms with Crippen molar-refractivity contribution in [1.29, 1.82) is 0 Å². The van der Waals surface area contributed by atoms with E-state index in [2.05, 4.69) is 16.0 Å². The van der Waals surface area contributed by atoms with E-state index in [1.807, 2.05) is 0 Å². The van der Waals surface area contributed by atoms with Gasteiger partial charge in [0, 0.05) is 56.8 Å². The number of nitrogens with zero attached hydrogens (tertiary/aromatic N) is 1. The molecular formula is C18H24N4O4. The van der Waals surface area contributed by atoms with Gasteiger partial charge in [-0.3, -0.25) is 19.2 Å². The molecule has 0 bridgehead atoms. The number of rotatable bonds is 7.